The van der Waals surface area contributed by atoms with E-state index in [1.54, 1.807) is 0 Å². The first-order valence-corrected chi connectivity index (χ1v) is 7.44. The second-order valence-corrected chi connectivity index (χ2v) is 5.46. The van der Waals surface area contributed by atoms with Crippen LogP contribution in [0.4, 0.5) is 5.69 Å². The Labute approximate surface area is 119 Å². The van der Waals surface area contributed by atoms with Crippen molar-refractivity contribution in [3.8, 4) is 6.07 Å². The van der Waals surface area contributed by atoms with Crippen LogP contribution in [-0.4, -0.2) is 6.54 Å². The average Bonchev–Trinajstić information content (AvgIpc) is 2.40. The maximum absolute atomic E-state index is 8.81. The minimum atomic E-state index is 0.686. The van der Waals surface area contributed by atoms with Gasteiger partial charge >= 0.3 is 0 Å². The van der Waals surface area contributed by atoms with Crippen molar-refractivity contribution in [3.05, 3.63) is 28.2 Å². The first kappa shape index (κ1) is 15.0. The number of rotatable bonds is 7. The molecule has 1 N–H and O–H groups in total. The highest BCUT2D eigenvalue weighted by molar-refractivity contribution is 9.10. The van der Waals surface area contributed by atoms with Crippen LogP contribution in [0.25, 0.3) is 0 Å². The van der Waals surface area contributed by atoms with Crippen molar-refractivity contribution >= 4 is 21.6 Å². The van der Waals surface area contributed by atoms with Gasteiger partial charge in [0.1, 0.15) is 0 Å². The zero-order valence-corrected chi connectivity index (χ0v) is 12.8. The van der Waals surface area contributed by atoms with Gasteiger partial charge in [0.2, 0.25) is 0 Å². The monoisotopic (exact) mass is 308 g/mol. The molecule has 2 nitrogen and oxygen atoms in total. The van der Waals surface area contributed by atoms with Gasteiger partial charge in [-0.25, -0.2) is 0 Å². The van der Waals surface area contributed by atoms with E-state index in [0.717, 1.165) is 22.6 Å². The first-order chi connectivity index (χ1) is 8.71. The third-order valence-corrected chi connectivity index (χ3v) is 3.88. The Hall–Kier alpha value is -1.01. The standard InChI is InChI=1S/C15H21BrN2/c1-3-5-6-12(4-2)11-18-15-8-7-13(10-17)9-14(15)16/h7-9,12,18H,3-6,11H2,1-2H3. The quantitative estimate of drug-likeness (QED) is 0.773. The summed E-state index contributed by atoms with van der Waals surface area (Å²) < 4.78 is 0.965. The lowest BCUT2D eigenvalue weighted by atomic mass is 9.99. The van der Waals surface area contributed by atoms with Crippen LogP contribution in [0.5, 0.6) is 0 Å². The molecule has 1 rings (SSSR count). The molecular formula is C15H21BrN2. The van der Waals surface area contributed by atoms with Crippen molar-refractivity contribution in [3.63, 3.8) is 0 Å². The molecule has 1 unspecified atom stereocenters. The predicted molar refractivity (Wildman–Crippen MR) is 80.7 cm³/mol. The average molecular weight is 309 g/mol. The Morgan fingerprint density at radius 2 is 2.17 bits per heavy atom. The van der Waals surface area contributed by atoms with Crippen LogP contribution in [0, 0.1) is 17.2 Å². The van der Waals surface area contributed by atoms with Gasteiger partial charge in [0.15, 0.2) is 0 Å². The molecule has 0 aliphatic carbocycles. The lowest BCUT2D eigenvalue weighted by Crippen LogP contribution is -2.13. The molecule has 1 atom stereocenters. The van der Waals surface area contributed by atoms with Crippen molar-refractivity contribution in [1.82, 2.24) is 0 Å². The van der Waals surface area contributed by atoms with Crippen LogP contribution in [0.3, 0.4) is 0 Å². The number of nitrogens with one attached hydrogen (secondary N) is 1. The normalized spacial score (nSPS) is 11.9. The van der Waals surface area contributed by atoms with E-state index in [1.807, 2.05) is 18.2 Å². The van der Waals surface area contributed by atoms with E-state index in [4.69, 9.17) is 5.26 Å². The molecule has 0 amide bonds. The number of anilines is 1. The molecule has 1 aromatic carbocycles. The fraction of sp³-hybridized carbons (Fsp3) is 0.533. The van der Waals surface area contributed by atoms with E-state index >= 15 is 0 Å². The van der Waals surface area contributed by atoms with E-state index in [-0.39, 0.29) is 0 Å². The fourth-order valence-electron chi connectivity index (χ4n) is 1.93. The van der Waals surface area contributed by atoms with Crippen LogP contribution in [-0.2, 0) is 0 Å². The topological polar surface area (TPSA) is 35.8 Å². The van der Waals surface area contributed by atoms with Gasteiger partial charge in [0, 0.05) is 16.7 Å². The van der Waals surface area contributed by atoms with Gasteiger partial charge in [0.25, 0.3) is 0 Å². The maximum Gasteiger partial charge on any atom is 0.0992 e. The highest BCUT2D eigenvalue weighted by atomic mass is 79.9. The summed E-state index contributed by atoms with van der Waals surface area (Å²) in [5, 5.41) is 12.3. The summed E-state index contributed by atoms with van der Waals surface area (Å²) in [6.45, 7) is 5.48. The van der Waals surface area contributed by atoms with E-state index in [2.05, 4.69) is 41.2 Å². The Balaban J connectivity index is 2.54. The van der Waals surface area contributed by atoms with Crippen LogP contribution < -0.4 is 5.32 Å². The molecule has 0 fully saturated rings. The number of halogens is 1. The van der Waals surface area contributed by atoms with Gasteiger partial charge in [-0.1, -0.05) is 33.1 Å². The maximum atomic E-state index is 8.81. The molecule has 0 saturated carbocycles. The molecular weight excluding hydrogens is 288 g/mol. The van der Waals surface area contributed by atoms with Gasteiger partial charge in [-0.2, -0.15) is 5.26 Å². The summed E-state index contributed by atoms with van der Waals surface area (Å²) in [4.78, 5) is 0. The molecule has 3 heteroatoms. The molecule has 0 aliphatic heterocycles. The second kappa shape index (κ2) is 8.16. The summed E-state index contributed by atoms with van der Waals surface area (Å²) >= 11 is 3.50. The smallest absolute Gasteiger partial charge is 0.0992 e. The summed E-state index contributed by atoms with van der Waals surface area (Å²) in [6, 6.07) is 7.81. The van der Waals surface area contributed by atoms with Crippen LogP contribution in [0.15, 0.2) is 22.7 Å². The molecule has 18 heavy (non-hydrogen) atoms. The number of unbranched alkanes of at least 4 members (excludes halogenated alkanes) is 1. The summed E-state index contributed by atoms with van der Waals surface area (Å²) in [5.74, 6) is 0.729. The van der Waals surface area contributed by atoms with Gasteiger partial charge < -0.3 is 5.32 Å². The van der Waals surface area contributed by atoms with E-state index in [0.29, 0.717) is 5.56 Å². The second-order valence-electron chi connectivity index (χ2n) is 4.60. The molecule has 0 heterocycles. The Morgan fingerprint density at radius 1 is 1.39 bits per heavy atom. The SMILES string of the molecule is CCCCC(CC)CNc1ccc(C#N)cc1Br. The fourth-order valence-corrected chi connectivity index (χ4v) is 2.44. The largest absolute Gasteiger partial charge is 0.384 e. The van der Waals surface area contributed by atoms with Gasteiger partial charge in [-0.15, -0.1) is 0 Å². The zero-order chi connectivity index (χ0) is 13.4. The lowest BCUT2D eigenvalue weighted by molar-refractivity contribution is 0.473. The Kier molecular flexibility index (Phi) is 6.82. The van der Waals surface area contributed by atoms with E-state index in [9.17, 15) is 0 Å². The molecule has 0 radical (unpaired) electrons. The van der Waals surface area contributed by atoms with Crippen molar-refractivity contribution in [1.29, 1.82) is 5.26 Å². The van der Waals surface area contributed by atoms with Crippen LogP contribution >= 0.6 is 15.9 Å². The highest BCUT2D eigenvalue weighted by Crippen LogP contribution is 2.24. The predicted octanol–water partition coefficient (Wildman–Crippen LogP) is 4.95. The van der Waals surface area contributed by atoms with Crippen LogP contribution in [0.2, 0.25) is 0 Å². The van der Waals surface area contributed by atoms with Gasteiger partial charge in [-0.3, -0.25) is 0 Å². The summed E-state index contributed by atoms with van der Waals surface area (Å²) in [7, 11) is 0. The van der Waals surface area contributed by atoms with Crippen LogP contribution in [0.1, 0.15) is 45.1 Å². The number of hydrogen-bond acceptors (Lipinski definition) is 2. The van der Waals surface area contributed by atoms with Crippen molar-refractivity contribution in [2.45, 2.75) is 39.5 Å². The molecule has 98 valence electrons. The zero-order valence-electron chi connectivity index (χ0n) is 11.2. The van der Waals surface area contributed by atoms with Gasteiger partial charge in [0.05, 0.1) is 11.6 Å². The molecule has 0 bridgehead atoms. The number of hydrogen-bond donors (Lipinski definition) is 1. The molecule has 0 aliphatic rings. The minimum absolute atomic E-state index is 0.686. The number of benzene rings is 1. The minimum Gasteiger partial charge on any atom is -0.384 e. The Morgan fingerprint density at radius 3 is 2.72 bits per heavy atom. The molecule has 0 spiro atoms. The molecule has 0 saturated heterocycles. The summed E-state index contributed by atoms with van der Waals surface area (Å²) in [5.41, 5.74) is 1.76. The molecule has 0 aromatic heterocycles. The van der Waals surface area contributed by atoms with Crippen molar-refractivity contribution in [2.24, 2.45) is 5.92 Å². The van der Waals surface area contributed by atoms with Crippen molar-refractivity contribution < 1.29 is 0 Å². The third-order valence-electron chi connectivity index (χ3n) is 3.22. The van der Waals surface area contributed by atoms with E-state index in [1.165, 1.54) is 25.7 Å². The number of nitrogens with zero attached hydrogens (tertiary/aromatic N) is 1. The third kappa shape index (κ3) is 4.70. The highest BCUT2D eigenvalue weighted by Gasteiger charge is 2.07. The summed E-state index contributed by atoms with van der Waals surface area (Å²) in [6.07, 6.45) is 5.06. The van der Waals surface area contributed by atoms with Gasteiger partial charge in [-0.05, 0) is 46.5 Å². The van der Waals surface area contributed by atoms with E-state index < -0.39 is 0 Å². The number of nitriles is 1. The van der Waals surface area contributed by atoms with Crippen molar-refractivity contribution in [2.75, 3.05) is 11.9 Å². The lowest BCUT2D eigenvalue weighted by Gasteiger charge is -2.17. The Bertz CT molecular complexity index is 409. The first-order valence-electron chi connectivity index (χ1n) is 6.64. The molecule has 1 aromatic rings.